The van der Waals surface area contributed by atoms with Gasteiger partial charge in [-0.25, -0.2) is 13.2 Å². The van der Waals surface area contributed by atoms with Crippen LogP contribution in [-0.4, -0.2) is 29.1 Å². The second-order valence-corrected chi connectivity index (χ2v) is 6.80. The third-order valence-corrected chi connectivity index (χ3v) is 4.86. The zero-order valence-corrected chi connectivity index (χ0v) is 15.3. The van der Waals surface area contributed by atoms with Crippen LogP contribution in [0.25, 0.3) is 0 Å². The predicted octanol–water partition coefficient (Wildman–Crippen LogP) is 4.30. The predicted molar refractivity (Wildman–Crippen MR) is 96.9 cm³/mol. The van der Waals surface area contributed by atoms with E-state index < -0.39 is 11.6 Å². The lowest BCUT2D eigenvalue weighted by atomic mass is 9.98. The Morgan fingerprint density at radius 1 is 1.14 bits per heavy atom. The summed E-state index contributed by atoms with van der Waals surface area (Å²) in [4.78, 5) is 14.3. The Kier molecular flexibility index (Phi) is 5.24. The van der Waals surface area contributed by atoms with E-state index in [9.17, 15) is 18.0 Å². The summed E-state index contributed by atoms with van der Waals surface area (Å²) in [5.74, 6) is -2.13. The van der Waals surface area contributed by atoms with Crippen molar-refractivity contribution in [1.29, 1.82) is 0 Å². The van der Waals surface area contributed by atoms with Gasteiger partial charge in [0.05, 0.1) is 0 Å². The van der Waals surface area contributed by atoms with Crippen LogP contribution in [0.3, 0.4) is 0 Å². The van der Waals surface area contributed by atoms with Gasteiger partial charge in [-0.1, -0.05) is 23.4 Å². The number of ether oxygens (including phenoxy) is 1. The molecule has 29 heavy (non-hydrogen) atoms. The van der Waals surface area contributed by atoms with Crippen molar-refractivity contribution in [3.05, 3.63) is 83.0 Å². The molecule has 1 saturated heterocycles. The highest BCUT2D eigenvalue weighted by Gasteiger charge is 2.30. The number of amides is 1. The summed E-state index contributed by atoms with van der Waals surface area (Å²) in [5.41, 5.74) is 0.690. The average molecular weight is 402 g/mol. The largest absolute Gasteiger partial charge is 0.482 e. The molecule has 0 bridgehead atoms. The van der Waals surface area contributed by atoms with Gasteiger partial charge in [0.15, 0.2) is 23.0 Å². The molecule has 1 aliphatic heterocycles. The molecule has 0 radical (unpaired) electrons. The average Bonchev–Trinajstić information content (AvgIpc) is 3.37. The van der Waals surface area contributed by atoms with Crippen LogP contribution in [-0.2, 0) is 6.61 Å². The Morgan fingerprint density at radius 2 is 1.97 bits per heavy atom. The first-order valence-electron chi connectivity index (χ1n) is 9.08. The lowest BCUT2D eigenvalue weighted by molar-refractivity contribution is 0.0780. The highest BCUT2D eigenvalue weighted by Crippen LogP contribution is 2.29. The third-order valence-electron chi connectivity index (χ3n) is 4.86. The van der Waals surface area contributed by atoms with Gasteiger partial charge in [0.25, 0.3) is 5.91 Å². The number of carbonyl (C=O) groups is 1. The molecule has 1 aliphatic rings. The van der Waals surface area contributed by atoms with Crippen LogP contribution in [0.2, 0.25) is 0 Å². The first-order valence-corrected chi connectivity index (χ1v) is 9.08. The minimum absolute atomic E-state index is 0.0729. The zero-order chi connectivity index (χ0) is 20.4. The van der Waals surface area contributed by atoms with Crippen LogP contribution >= 0.6 is 0 Å². The van der Waals surface area contributed by atoms with E-state index >= 15 is 0 Å². The molecule has 8 heteroatoms. The molecular weight excluding hydrogens is 385 g/mol. The van der Waals surface area contributed by atoms with E-state index in [1.165, 1.54) is 18.2 Å². The fraction of sp³-hybridized carbons (Fsp3) is 0.238. The molecule has 5 nitrogen and oxygen atoms in total. The van der Waals surface area contributed by atoms with Crippen molar-refractivity contribution in [2.45, 2.75) is 18.9 Å². The van der Waals surface area contributed by atoms with Crippen molar-refractivity contribution in [2.75, 3.05) is 13.1 Å². The molecule has 0 N–H and O–H groups in total. The number of rotatable bonds is 5. The van der Waals surface area contributed by atoms with E-state index in [0.29, 0.717) is 31.1 Å². The first-order chi connectivity index (χ1) is 14.0. The molecule has 1 atom stereocenters. The highest BCUT2D eigenvalue weighted by molar-refractivity contribution is 5.92. The van der Waals surface area contributed by atoms with E-state index in [2.05, 4.69) is 5.16 Å². The molecule has 0 saturated carbocycles. The van der Waals surface area contributed by atoms with Crippen molar-refractivity contribution in [2.24, 2.45) is 0 Å². The fourth-order valence-corrected chi connectivity index (χ4v) is 3.39. The normalized spacial score (nSPS) is 16.2. The zero-order valence-electron chi connectivity index (χ0n) is 15.3. The standard InChI is InChI=1S/C21H17F3N2O3/c22-14-5-6-20(18(24)9-14)28-12-15-10-19(25-29-15)21(27)26-8-7-13(11-26)16-3-1-2-4-17(16)23/h1-6,9-10,13H,7-8,11-12H2/t13-/m1/s1. The monoisotopic (exact) mass is 402 g/mol. The molecule has 0 aliphatic carbocycles. The molecule has 1 amide bonds. The number of hydrogen-bond donors (Lipinski definition) is 0. The molecule has 2 heterocycles. The molecule has 1 fully saturated rings. The van der Waals surface area contributed by atoms with Gasteiger partial charge in [0.1, 0.15) is 18.2 Å². The Morgan fingerprint density at radius 3 is 2.76 bits per heavy atom. The minimum atomic E-state index is -0.836. The summed E-state index contributed by atoms with van der Waals surface area (Å²) in [7, 11) is 0. The van der Waals surface area contributed by atoms with Gasteiger partial charge in [-0.15, -0.1) is 0 Å². The third kappa shape index (κ3) is 4.11. The maximum Gasteiger partial charge on any atom is 0.276 e. The van der Waals surface area contributed by atoms with Gasteiger partial charge in [0, 0.05) is 31.1 Å². The number of benzene rings is 2. The van der Waals surface area contributed by atoms with E-state index in [0.717, 1.165) is 6.07 Å². The van der Waals surface area contributed by atoms with E-state index in [4.69, 9.17) is 9.26 Å². The molecule has 150 valence electrons. The number of hydrogen-bond acceptors (Lipinski definition) is 4. The molecule has 1 aromatic heterocycles. The molecular formula is C21H17F3N2O3. The smallest absolute Gasteiger partial charge is 0.276 e. The van der Waals surface area contributed by atoms with E-state index in [-0.39, 0.29) is 41.5 Å². The van der Waals surface area contributed by atoms with Gasteiger partial charge in [-0.3, -0.25) is 4.79 Å². The Hall–Kier alpha value is -3.29. The van der Waals surface area contributed by atoms with Gasteiger partial charge in [-0.2, -0.15) is 0 Å². The number of carbonyl (C=O) groups excluding carboxylic acids is 1. The summed E-state index contributed by atoms with van der Waals surface area (Å²) in [6.07, 6.45) is 0.657. The van der Waals surface area contributed by atoms with Crippen LogP contribution in [0.5, 0.6) is 5.75 Å². The number of likely N-dealkylation sites (tertiary alicyclic amines) is 1. The Bertz CT molecular complexity index is 1040. The van der Waals surface area contributed by atoms with Gasteiger partial charge < -0.3 is 14.2 Å². The topological polar surface area (TPSA) is 55.6 Å². The van der Waals surface area contributed by atoms with Crippen molar-refractivity contribution < 1.29 is 27.2 Å². The molecule has 2 aromatic carbocycles. The van der Waals surface area contributed by atoms with Crippen LogP contribution < -0.4 is 4.74 Å². The van der Waals surface area contributed by atoms with Gasteiger partial charge in [0.2, 0.25) is 0 Å². The molecule has 0 spiro atoms. The summed E-state index contributed by atoms with van der Waals surface area (Å²) in [5, 5.41) is 3.75. The van der Waals surface area contributed by atoms with Crippen molar-refractivity contribution >= 4 is 5.91 Å². The number of halogens is 3. The van der Waals surface area contributed by atoms with Gasteiger partial charge >= 0.3 is 0 Å². The van der Waals surface area contributed by atoms with Crippen LogP contribution in [0.4, 0.5) is 13.2 Å². The maximum atomic E-state index is 14.0. The lowest BCUT2D eigenvalue weighted by Gasteiger charge is -2.15. The van der Waals surface area contributed by atoms with E-state index in [1.54, 1.807) is 23.1 Å². The summed E-state index contributed by atoms with van der Waals surface area (Å²) in [6, 6.07) is 10.9. The fourth-order valence-electron chi connectivity index (χ4n) is 3.39. The lowest BCUT2D eigenvalue weighted by Crippen LogP contribution is -2.28. The quantitative estimate of drug-likeness (QED) is 0.639. The number of aromatic nitrogens is 1. The second-order valence-electron chi connectivity index (χ2n) is 6.80. The Labute approximate surface area is 164 Å². The highest BCUT2D eigenvalue weighted by atomic mass is 19.1. The maximum absolute atomic E-state index is 14.0. The van der Waals surface area contributed by atoms with Crippen LogP contribution in [0, 0.1) is 17.5 Å². The van der Waals surface area contributed by atoms with Crippen LogP contribution in [0.1, 0.15) is 34.2 Å². The summed E-state index contributed by atoms with van der Waals surface area (Å²) in [6.45, 7) is 0.706. The van der Waals surface area contributed by atoms with Crippen molar-refractivity contribution in [3.8, 4) is 5.75 Å². The summed E-state index contributed by atoms with van der Waals surface area (Å²) < 4.78 is 50.8. The SMILES string of the molecule is O=C(c1cc(COc2ccc(F)cc2F)on1)N1CC[C@@H](c2ccccc2F)C1. The number of nitrogens with zero attached hydrogens (tertiary/aromatic N) is 2. The van der Waals surface area contributed by atoms with Gasteiger partial charge in [-0.05, 0) is 30.2 Å². The first kappa shape index (κ1) is 19.0. The van der Waals surface area contributed by atoms with Crippen molar-refractivity contribution in [3.63, 3.8) is 0 Å². The second kappa shape index (κ2) is 7.98. The minimum Gasteiger partial charge on any atom is -0.482 e. The van der Waals surface area contributed by atoms with Crippen LogP contribution in [0.15, 0.2) is 53.1 Å². The molecule has 0 unspecified atom stereocenters. The van der Waals surface area contributed by atoms with Crippen molar-refractivity contribution in [1.82, 2.24) is 10.1 Å². The molecule has 3 aromatic rings. The molecule has 4 rings (SSSR count). The Balaban J connectivity index is 1.38. The summed E-state index contributed by atoms with van der Waals surface area (Å²) >= 11 is 0. The van der Waals surface area contributed by atoms with E-state index in [1.807, 2.05) is 0 Å².